The lowest BCUT2D eigenvalue weighted by atomic mass is 10.0. The van der Waals surface area contributed by atoms with Crippen LogP contribution in [-0.4, -0.2) is 42.0 Å². The van der Waals surface area contributed by atoms with Crippen LogP contribution in [0.25, 0.3) is 0 Å². The van der Waals surface area contributed by atoms with Gasteiger partial charge in [0.05, 0.1) is 0 Å². The molecule has 4 heteroatoms. The van der Waals surface area contributed by atoms with Gasteiger partial charge in [0.25, 0.3) is 0 Å². The number of benzene rings is 2. The Balaban J connectivity index is 1.48. The van der Waals surface area contributed by atoms with E-state index in [9.17, 15) is 4.79 Å². The van der Waals surface area contributed by atoms with E-state index in [0.29, 0.717) is 6.04 Å². The monoisotopic (exact) mass is 323 g/mol. The van der Waals surface area contributed by atoms with Gasteiger partial charge in [0, 0.05) is 38.4 Å². The zero-order chi connectivity index (χ0) is 16.8. The molecule has 1 aliphatic rings. The van der Waals surface area contributed by atoms with Crippen LogP contribution in [0.4, 0.5) is 10.5 Å². The van der Waals surface area contributed by atoms with E-state index < -0.39 is 0 Å². The van der Waals surface area contributed by atoms with Crippen LogP contribution in [0.3, 0.4) is 0 Å². The van der Waals surface area contributed by atoms with Gasteiger partial charge >= 0.3 is 6.03 Å². The number of hydrogen-bond acceptors (Lipinski definition) is 2. The fraction of sp³-hybridized carbons (Fsp3) is 0.350. The smallest absolute Gasteiger partial charge is 0.321 e. The van der Waals surface area contributed by atoms with Crippen molar-refractivity contribution in [3.63, 3.8) is 0 Å². The summed E-state index contributed by atoms with van der Waals surface area (Å²) in [6, 6.07) is 20.5. The SMILES string of the molecule is CN(C(=O)Nc1ccccc1)C1CCN(Cc2ccccc2)CC1. The number of anilines is 1. The number of amides is 2. The Morgan fingerprint density at radius 3 is 2.25 bits per heavy atom. The fourth-order valence-electron chi connectivity index (χ4n) is 3.21. The molecule has 0 saturated carbocycles. The average molecular weight is 323 g/mol. The van der Waals surface area contributed by atoms with Crippen LogP contribution in [0, 0.1) is 0 Å². The molecule has 2 aromatic carbocycles. The predicted molar refractivity (Wildman–Crippen MR) is 98.0 cm³/mol. The first-order valence-electron chi connectivity index (χ1n) is 8.57. The molecule has 0 spiro atoms. The van der Waals surface area contributed by atoms with Crippen LogP contribution in [-0.2, 0) is 6.54 Å². The molecule has 0 unspecified atom stereocenters. The summed E-state index contributed by atoms with van der Waals surface area (Å²) < 4.78 is 0. The molecule has 0 aromatic heterocycles. The van der Waals surface area contributed by atoms with Crippen LogP contribution in [0.5, 0.6) is 0 Å². The number of para-hydroxylation sites is 1. The Bertz CT molecular complexity index is 636. The lowest BCUT2D eigenvalue weighted by Crippen LogP contribution is -2.46. The second-order valence-corrected chi connectivity index (χ2v) is 6.40. The first-order chi connectivity index (χ1) is 11.7. The van der Waals surface area contributed by atoms with Gasteiger partial charge in [-0.15, -0.1) is 0 Å². The molecule has 24 heavy (non-hydrogen) atoms. The quantitative estimate of drug-likeness (QED) is 0.928. The van der Waals surface area contributed by atoms with Gasteiger partial charge in [-0.25, -0.2) is 4.79 Å². The summed E-state index contributed by atoms with van der Waals surface area (Å²) in [5, 5.41) is 2.96. The van der Waals surface area contributed by atoms with E-state index in [1.807, 2.05) is 42.3 Å². The molecule has 0 atom stereocenters. The van der Waals surface area contributed by atoms with Crippen molar-refractivity contribution >= 4 is 11.7 Å². The third-order valence-electron chi connectivity index (χ3n) is 4.70. The highest BCUT2D eigenvalue weighted by atomic mass is 16.2. The number of nitrogens with zero attached hydrogens (tertiary/aromatic N) is 2. The molecule has 2 amide bonds. The minimum atomic E-state index is -0.0253. The number of carbonyl (C=O) groups is 1. The van der Waals surface area contributed by atoms with Crippen LogP contribution in [0.15, 0.2) is 60.7 Å². The third kappa shape index (κ3) is 4.36. The van der Waals surface area contributed by atoms with Crippen molar-refractivity contribution in [3.8, 4) is 0 Å². The Hall–Kier alpha value is -2.33. The molecule has 0 aliphatic carbocycles. The second kappa shape index (κ2) is 7.97. The summed E-state index contributed by atoms with van der Waals surface area (Å²) in [5.74, 6) is 0. The summed E-state index contributed by atoms with van der Waals surface area (Å²) in [6.45, 7) is 3.05. The largest absolute Gasteiger partial charge is 0.325 e. The van der Waals surface area contributed by atoms with Crippen molar-refractivity contribution in [1.29, 1.82) is 0 Å². The molecule has 3 rings (SSSR count). The van der Waals surface area contributed by atoms with E-state index in [1.165, 1.54) is 5.56 Å². The van der Waals surface area contributed by atoms with Crippen molar-refractivity contribution in [2.45, 2.75) is 25.4 Å². The summed E-state index contributed by atoms with van der Waals surface area (Å²) in [7, 11) is 1.90. The minimum absolute atomic E-state index is 0.0253. The molecule has 1 fully saturated rings. The highest BCUT2D eigenvalue weighted by molar-refractivity contribution is 5.89. The van der Waals surface area contributed by atoms with Crippen molar-refractivity contribution in [2.24, 2.45) is 0 Å². The molecule has 2 aromatic rings. The zero-order valence-electron chi connectivity index (χ0n) is 14.2. The van der Waals surface area contributed by atoms with Gasteiger partial charge in [0.15, 0.2) is 0 Å². The number of hydrogen-bond donors (Lipinski definition) is 1. The van der Waals surface area contributed by atoms with Crippen molar-refractivity contribution in [1.82, 2.24) is 9.80 Å². The summed E-state index contributed by atoms with van der Waals surface area (Å²) >= 11 is 0. The fourth-order valence-corrected chi connectivity index (χ4v) is 3.21. The molecule has 4 nitrogen and oxygen atoms in total. The summed E-state index contributed by atoms with van der Waals surface area (Å²) in [5.41, 5.74) is 2.20. The highest BCUT2D eigenvalue weighted by Gasteiger charge is 2.25. The first-order valence-corrected chi connectivity index (χ1v) is 8.57. The third-order valence-corrected chi connectivity index (χ3v) is 4.70. The number of urea groups is 1. The summed E-state index contributed by atoms with van der Waals surface area (Å²) in [4.78, 5) is 16.7. The Morgan fingerprint density at radius 1 is 1.04 bits per heavy atom. The molecular formula is C20H25N3O. The maximum Gasteiger partial charge on any atom is 0.321 e. The van der Waals surface area contributed by atoms with Gasteiger partial charge in [-0.1, -0.05) is 48.5 Å². The van der Waals surface area contributed by atoms with Gasteiger partial charge in [-0.3, -0.25) is 4.90 Å². The zero-order valence-corrected chi connectivity index (χ0v) is 14.2. The van der Waals surface area contributed by atoms with E-state index in [-0.39, 0.29) is 6.03 Å². The van der Waals surface area contributed by atoms with Crippen molar-refractivity contribution in [2.75, 3.05) is 25.5 Å². The van der Waals surface area contributed by atoms with E-state index >= 15 is 0 Å². The van der Waals surface area contributed by atoms with Gasteiger partial charge in [-0.2, -0.15) is 0 Å². The first kappa shape index (κ1) is 16.5. The number of piperidine rings is 1. The van der Waals surface area contributed by atoms with Crippen LogP contribution in [0.2, 0.25) is 0 Å². The van der Waals surface area contributed by atoms with Gasteiger partial charge in [-0.05, 0) is 30.5 Å². The Kier molecular flexibility index (Phi) is 5.49. The number of carbonyl (C=O) groups excluding carboxylic acids is 1. The van der Waals surface area contributed by atoms with E-state index in [4.69, 9.17) is 0 Å². The highest BCUT2D eigenvalue weighted by Crippen LogP contribution is 2.18. The van der Waals surface area contributed by atoms with E-state index in [1.54, 1.807) is 0 Å². The van der Waals surface area contributed by atoms with Gasteiger partial charge in [0.2, 0.25) is 0 Å². The molecule has 1 saturated heterocycles. The second-order valence-electron chi connectivity index (χ2n) is 6.40. The molecule has 1 N–H and O–H groups in total. The topological polar surface area (TPSA) is 35.6 Å². The number of rotatable bonds is 4. The average Bonchev–Trinajstić information content (AvgIpc) is 2.63. The number of nitrogens with one attached hydrogen (secondary N) is 1. The van der Waals surface area contributed by atoms with E-state index in [2.05, 4.69) is 40.5 Å². The lowest BCUT2D eigenvalue weighted by molar-refractivity contribution is 0.137. The predicted octanol–water partition coefficient (Wildman–Crippen LogP) is 3.81. The molecule has 0 bridgehead atoms. The maximum atomic E-state index is 12.4. The lowest BCUT2D eigenvalue weighted by Gasteiger charge is -2.36. The molecular weight excluding hydrogens is 298 g/mol. The molecule has 1 aliphatic heterocycles. The minimum Gasteiger partial charge on any atom is -0.325 e. The maximum absolute atomic E-state index is 12.4. The van der Waals surface area contributed by atoms with Crippen molar-refractivity contribution in [3.05, 3.63) is 66.2 Å². The van der Waals surface area contributed by atoms with Gasteiger partial charge in [0.1, 0.15) is 0 Å². The molecule has 0 radical (unpaired) electrons. The standard InChI is InChI=1S/C20H25N3O/c1-22(20(24)21-18-10-6-3-7-11-18)19-12-14-23(15-13-19)16-17-8-4-2-5-9-17/h2-11,19H,12-16H2,1H3,(H,21,24). The van der Waals surface area contributed by atoms with Gasteiger partial charge < -0.3 is 10.2 Å². The van der Waals surface area contributed by atoms with Crippen LogP contribution in [0.1, 0.15) is 18.4 Å². The van der Waals surface area contributed by atoms with Crippen LogP contribution < -0.4 is 5.32 Å². The van der Waals surface area contributed by atoms with E-state index in [0.717, 1.165) is 38.2 Å². The Labute approximate surface area is 144 Å². The molecule has 126 valence electrons. The number of likely N-dealkylation sites (tertiary alicyclic amines) is 1. The molecule has 1 heterocycles. The summed E-state index contributed by atoms with van der Waals surface area (Å²) in [6.07, 6.45) is 2.04. The van der Waals surface area contributed by atoms with Crippen LogP contribution >= 0.6 is 0 Å². The Morgan fingerprint density at radius 2 is 1.62 bits per heavy atom. The van der Waals surface area contributed by atoms with Crippen molar-refractivity contribution < 1.29 is 4.79 Å². The normalized spacial score (nSPS) is 15.9.